The third kappa shape index (κ3) is 2.62. The minimum atomic E-state index is -0.220. The number of hydrogen-bond acceptors (Lipinski definition) is 4. The molecule has 1 saturated carbocycles. The smallest absolute Gasteiger partial charge is 0.125 e. The fourth-order valence-electron chi connectivity index (χ4n) is 1.55. The summed E-state index contributed by atoms with van der Waals surface area (Å²) in [5.74, 6) is 0. The average Bonchev–Trinajstić information content (AvgIpc) is 3.02. The van der Waals surface area contributed by atoms with Crippen LogP contribution in [0.2, 0.25) is 0 Å². The van der Waals surface area contributed by atoms with Crippen molar-refractivity contribution >= 4 is 11.3 Å². The van der Waals surface area contributed by atoms with Gasteiger partial charge in [-0.3, -0.25) is 0 Å². The molecule has 1 fully saturated rings. The maximum atomic E-state index is 5.55. The molecule has 1 aliphatic carbocycles. The van der Waals surface area contributed by atoms with E-state index in [9.17, 15) is 0 Å². The van der Waals surface area contributed by atoms with Crippen LogP contribution in [0.15, 0.2) is 5.38 Å². The lowest BCUT2D eigenvalue weighted by Gasteiger charge is -2.23. The van der Waals surface area contributed by atoms with E-state index in [-0.39, 0.29) is 5.60 Å². The predicted molar refractivity (Wildman–Crippen MR) is 66.6 cm³/mol. The first-order chi connectivity index (χ1) is 7.68. The van der Waals surface area contributed by atoms with Gasteiger partial charge in [-0.1, -0.05) is 6.92 Å². The molecule has 1 N–H and O–H groups in total. The molecule has 1 aromatic heterocycles. The van der Waals surface area contributed by atoms with Crippen LogP contribution < -0.4 is 5.32 Å². The van der Waals surface area contributed by atoms with Crippen LogP contribution in [0.4, 0.5) is 0 Å². The maximum Gasteiger partial charge on any atom is 0.125 e. The van der Waals surface area contributed by atoms with E-state index in [4.69, 9.17) is 4.74 Å². The summed E-state index contributed by atoms with van der Waals surface area (Å²) in [5, 5.41) is 6.70. The van der Waals surface area contributed by atoms with Gasteiger partial charge in [-0.05, 0) is 26.2 Å². The van der Waals surface area contributed by atoms with Crippen molar-refractivity contribution in [2.24, 2.45) is 0 Å². The molecule has 1 aromatic rings. The number of methoxy groups -OCH3 is 1. The molecule has 16 heavy (non-hydrogen) atoms. The quantitative estimate of drug-likeness (QED) is 0.830. The SMILES string of the molecule is CCC(C)(OC)c1nc(CNC2CC2)cs1. The molecule has 1 aliphatic rings. The number of ether oxygens (including phenoxy) is 1. The zero-order chi connectivity index (χ0) is 11.6. The van der Waals surface area contributed by atoms with E-state index in [2.05, 4.69) is 29.5 Å². The van der Waals surface area contributed by atoms with Crippen LogP contribution in [-0.4, -0.2) is 18.1 Å². The molecule has 2 rings (SSSR count). The Morgan fingerprint density at radius 2 is 2.38 bits per heavy atom. The van der Waals surface area contributed by atoms with Gasteiger partial charge in [0.1, 0.15) is 10.6 Å². The molecule has 4 heteroatoms. The highest BCUT2D eigenvalue weighted by Gasteiger charge is 2.27. The number of nitrogens with one attached hydrogen (secondary N) is 1. The molecule has 0 radical (unpaired) electrons. The van der Waals surface area contributed by atoms with Gasteiger partial charge < -0.3 is 10.1 Å². The molecule has 0 spiro atoms. The lowest BCUT2D eigenvalue weighted by atomic mass is 10.1. The Morgan fingerprint density at radius 1 is 1.62 bits per heavy atom. The molecular weight excluding hydrogens is 220 g/mol. The topological polar surface area (TPSA) is 34.1 Å². The van der Waals surface area contributed by atoms with Gasteiger partial charge in [0.2, 0.25) is 0 Å². The van der Waals surface area contributed by atoms with Gasteiger partial charge in [0.15, 0.2) is 0 Å². The van der Waals surface area contributed by atoms with Crippen molar-refractivity contribution < 1.29 is 4.74 Å². The summed E-state index contributed by atoms with van der Waals surface area (Å²) in [6, 6.07) is 0.741. The van der Waals surface area contributed by atoms with E-state index in [1.807, 2.05) is 0 Å². The minimum absolute atomic E-state index is 0.220. The van der Waals surface area contributed by atoms with Gasteiger partial charge >= 0.3 is 0 Å². The van der Waals surface area contributed by atoms with Gasteiger partial charge in [-0.25, -0.2) is 4.98 Å². The second-order valence-electron chi connectivity index (χ2n) is 4.59. The Hall–Kier alpha value is -0.450. The van der Waals surface area contributed by atoms with Crippen molar-refractivity contribution in [3.8, 4) is 0 Å². The summed E-state index contributed by atoms with van der Waals surface area (Å²) in [4.78, 5) is 4.65. The Labute approximate surface area is 101 Å². The highest BCUT2D eigenvalue weighted by Crippen LogP contribution is 2.30. The zero-order valence-electron chi connectivity index (χ0n) is 10.2. The molecule has 3 nitrogen and oxygen atoms in total. The second-order valence-corrected chi connectivity index (χ2v) is 5.45. The number of aromatic nitrogens is 1. The highest BCUT2D eigenvalue weighted by atomic mass is 32.1. The van der Waals surface area contributed by atoms with Crippen LogP contribution in [0.5, 0.6) is 0 Å². The fourth-order valence-corrected chi connectivity index (χ4v) is 2.58. The van der Waals surface area contributed by atoms with Crippen LogP contribution in [0.3, 0.4) is 0 Å². The summed E-state index contributed by atoms with van der Waals surface area (Å²) < 4.78 is 5.55. The third-order valence-electron chi connectivity index (χ3n) is 3.28. The van der Waals surface area contributed by atoms with Crippen LogP contribution in [-0.2, 0) is 16.9 Å². The van der Waals surface area contributed by atoms with Gasteiger partial charge in [-0.15, -0.1) is 11.3 Å². The highest BCUT2D eigenvalue weighted by molar-refractivity contribution is 7.09. The van der Waals surface area contributed by atoms with E-state index < -0.39 is 0 Å². The van der Waals surface area contributed by atoms with Gasteiger partial charge in [0.25, 0.3) is 0 Å². The van der Waals surface area contributed by atoms with Crippen LogP contribution in [0, 0.1) is 0 Å². The van der Waals surface area contributed by atoms with Crippen LogP contribution >= 0.6 is 11.3 Å². The normalized spacial score (nSPS) is 19.7. The minimum Gasteiger partial charge on any atom is -0.371 e. The molecule has 0 aliphatic heterocycles. The van der Waals surface area contributed by atoms with E-state index in [0.29, 0.717) is 0 Å². The van der Waals surface area contributed by atoms with E-state index >= 15 is 0 Å². The standard InChI is InChI=1S/C12H20N2OS/c1-4-12(2,15-3)11-14-10(8-16-11)7-13-9-5-6-9/h8-9,13H,4-7H2,1-3H3. The Morgan fingerprint density at radius 3 is 2.94 bits per heavy atom. The summed E-state index contributed by atoms with van der Waals surface area (Å²) in [5.41, 5.74) is 0.923. The first-order valence-corrected chi connectivity index (χ1v) is 6.79. The molecule has 0 aromatic carbocycles. The van der Waals surface area contributed by atoms with Crippen molar-refractivity contribution in [1.82, 2.24) is 10.3 Å². The molecule has 90 valence electrons. The molecule has 1 heterocycles. The average molecular weight is 240 g/mol. The van der Waals surface area contributed by atoms with Crippen LogP contribution in [0.25, 0.3) is 0 Å². The van der Waals surface area contributed by atoms with E-state index in [0.717, 1.165) is 29.7 Å². The van der Waals surface area contributed by atoms with Gasteiger partial charge in [-0.2, -0.15) is 0 Å². The van der Waals surface area contributed by atoms with Gasteiger partial charge in [0.05, 0.1) is 5.69 Å². The monoisotopic (exact) mass is 240 g/mol. The second kappa shape index (κ2) is 4.82. The summed E-state index contributed by atoms with van der Waals surface area (Å²) in [7, 11) is 1.76. The first-order valence-electron chi connectivity index (χ1n) is 5.91. The first kappa shape index (κ1) is 12.0. The number of nitrogens with zero attached hydrogens (tertiary/aromatic N) is 1. The molecule has 1 unspecified atom stereocenters. The summed E-state index contributed by atoms with van der Waals surface area (Å²) in [6.45, 7) is 5.13. The number of hydrogen-bond donors (Lipinski definition) is 1. The van der Waals surface area contributed by atoms with Crippen molar-refractivity contribution in [2.45, 2.75) is 51.3 Å². The Kier molecular flexibility index (Phi) is 3.62. The molecule has 1 atom stereocenters. The Balaban J connectivity index is 1.99. The Bertz CT molecular complexity index is 343. The number of rotatable bonds is 6. The molecule has 0 bridgehead atoms. The summed E-state index contributed by atoms with van der Waals surface area (Å²) in [6.07, 6.45) is 3.59. The molecule has 0 saturated heterocycles. The van der Waals surface area contributed by atoms with Crippen molar-refractivity contribution in [1.29, 1.82) is 0 Å². The summed E-state index contributed by atoms with van der Waals surface area (Å²) >= 11 is 1.70. The third-order valence-corrected chi connectivity index (χ3v) is 4.41. The van der Waals surface area contributed by atoms with E-state index in [1.165, 1.54) is 12.8 Å². The molecular formula is C12H20N2OS. The predicted octanol–water partition coefficient (Wildman–Crippen LogP) is 2.67. The number of thiazole rings is 1. The zero-order valence-corrected chi connectivity index (χ0v) is 11.1. The van der Waals surface area contributed by atoms with E-state index in [1.54, 1.807) is 18.4 Å². The largest absolute Gasteiger partial charge is 0.371 e. The lowest BCUT2D eigenvalue weighted by Crippen LogP contribution is -2.23. The molecule has 0 amide bonds. The lowest BCUT2D eigenvalue weighted by molar-refractivity contribution is -0.00167. The van der Waals surface area contributed by atoms with Crippen molar-refractivity contribution in [3.63, 3.8) is 0 Å². The van der Waals surface area contributed by atoms with Crippen molar-refractivity contribution in [2.75, 3.05) is 7.11 Å². The van der Waals surface area contributed by atoms with Crippen LogP contribution in [0.1, 0.15) is 43.8 Å². The van der Waals surface area contributed by atoms with Crippen molar-refractivity contribution in [3.05, 3.63) is 16.1 Å². The van der Waals surface area contributed by atoms with Gasteiger partial charge in [0, 0.05) is 25.1 Å². The fraction of sp³-hybridized carbons (Fsp3) is 0.750. The maximum absolute atomic E-state index is 5.55.